The molecule has 0 spiro atoms. The molecule has 5 heterocycles. The van der Waals surface area contributed by atoms with E-state index >= 15 is 0 Å². The molecule has 0 radical (unpaired) electrons. The predicted octanol–water partition coefficient (Wildman–Crippen LogP) is 5.56. The summed E-state index contributed by atoms with van der Waals surface area (Å²) in [5.41, 5.74) is 2.48. The van der Waals surface area contributed by atoms with Crippen molar-refractivity contribution in [1.29, 1.82) is 0 Å². The molecular formula is C28H22F3N5O2. The highest BCUT2D eigenvalue weighted by Crippen LogP contribution is 2.30. The summed E-state index contributed by atoms with van der Waals surface area (Å²) >= 11 is 0. The molecule has 38 heavy (non-hydrogen) atoms. The minimum atomic E-state index is -4.53. The topological polar surface area (TPSA) is 88.9 Å². The first-order valence-corrected chi connectivity index (χ1v) is 12.0. The summed E-state index contributed by atoms with van der Waals surface area (Å²) in [6.45, 7) is 0.678. The number of hydrogen-bond acceptors (Lipinski definition) is 6. The van der Waals surface area contributed by atoms with Gasteiger partial charge >= 0.3 is 6.18 Å². The van der Waals surface area contributed by atoms with Crippen LogP contribution in [0, 0.1) is 0 Å². The van der Waals surface area contributed by atoms with Gasteiger partial charge in [0, 0.05) is 60.9 Å². The van der Waals surface area contributed by atoms with E-state index < -0.39 is 11.9 Å². The molecule has 0 aromatic carbocycles. The van der Waals surface area contributed by atoms with Crippen LogP contribution < -0.4 is 4.90 Å². The number of anilines is 1. The van der Waals surface area contributed by atoms with Gasteiger partial charge in [-0.25, -0.2) is 4.98 Å². The fraction of sp³-hybridized carbons (Fsp3) is 0.214. The van der Waals surface area contributed by atoms with E-state index in [-0.39, 0.29) is 18.1 Å². The number of Topliss-reactive ketones (excluding diaryl/α,β-unsaturated/α-hetero) is 1. The Morgan fingerprint density at radius 1 is 0.868 bits per heavy atom. The molecule has 1 saturated heterocycles. The number of carbonyl (C=O) groups is 2. The number of amides is 1. The number of aromatic nitrogens is 4. The number of hydrogen-bond donors (Lipinski definition) is 0. The number of aryl methyl sites for hydroxylation is 1. The van der Waals surface area contributed by atoms with Crippen molar-refractivity contribution in [3.05, 3.63) is 90.3 Å². The fourth-order valence-corrected chi connectivity index (χ4v) is 4.21. The van der Waals surface area contributed by atoms with Crippen LogP contribution in [0.15, 0.2) is 73.3 Å². The maximum absolute atomic E-state index is 12.9. The largest absolute Gasteiger partial charge is 0.433 e. The summed E-state index contributed by atoms with van der Waals surface area (Å²) in [6.07, 6.45) is 3.44. The first-order chi connectivity index (χ1) is 18.3. The Morgan fingerprint density at radius 2 is 1.66 bits per heavy atom. The lowest BCUT2D eigenvalue weighted by Crippen LogP contribution is -2.24. The van der Waals surface area contributed by atoms with Crippen LogP contribution in [0.5, 0.6) is 0 Å². The second kappa shape index (κ2) is 10.5. The lowest BCUT2D eigenvalue weighted by atomic mass is 10.0. The van der Waals surface area contributed by atoms with E-state index in [1.807, 2.05) is 6.07 Å². The Bertz CT molecular complexity index is 1450. The molecule has 1 amide bonds. The van der Waals surface area contributed by atoms with Gasteiger partial charge in [0.25, 0.3) is 0 Å². The highest BCUT2D eigenvalue weighted by Gasteiger charge is 2.32. The van der Waals surface area contributed by atoms with Gasteiger partial charge in [0.2, 0.25) is 5.91 Å². The third kappa shape index (κ3) is 5.59. The summed E-state index contributed by atoms with van der Waals surface area (Å²) in [6, 6.07) is 12.9. The number of rotatable bonds is 7. The number of carbonyl (C=O) groups excluding carboxylic acids is 2. The molecule has 5 rings (SSSR count). The molecule has 4 aromatic heterocycles. The van der Waals surface area contributed by atoms with Crippen LogP contribution in [0.3, 0.4) is 0 Å². The summed E-state index contributed by atoms with van der Waals surface area (Å²) in [5.74, 6) is 0.575. The van der Waals surface area contributed by atoms with Gasteiger partial charge in [-0.05, 0) is 54.8 Å². The molecule has 1 fully saturated rings. The van der Waals surface area contributed by atoms with Gasteiger partial charge in [0.15, 0.2) is 5.78 Å². The van der Waals surface area contributed by atoms with Gasteiger partial charge in [-0.2, -0.15) is 13.2 Å². The summed E-state index contributed by atoms with van der Waals surface area (Å²) in [4.78, 5) is 42.6. The first-order valence-electron chi connectivity index (χ1n) is 12.0. The Balaban J connectivity index is 1.18. The zero-order chi connectivity index (χ0) is 26.7. The zero-order valence-electron chi connectivity index (χ0n) is 20.2. The van der Waals surface area contributed by atoms with E-state index in [2.05, 4.69) is 19.9 Å². The van der Waals surface area contributed by atoms with E-state index in [1.165, 1.54) is 6.07 Å². The molecule has 0 atom stereocenters. The Hall–Kier alpha value is -4.47. The van der Waals surface area contributed by atoms with Gasteiger partial charge < -0.3 is 0 Å². The van der Waals surface area contributed by atoms with Crippen LogP contribution in [0.1, 0.15) is 41.0 Å². The highest BCUT2D eigenvalue weighted by molar-refractivity contribution is 5.95. The average Bonchev–Trinajstić information content (AvgIpc) is 3.37. The molecule has 10 heteroatoms. The first kappa shape index (κ1) is 25.2. The minimum absolute atomic E-state index is 0.0785. The second-order valence-electron chi connectivity index (χ2n) is 8.89. The molecule has 0 bridgehead atoms. The van der Waals surface area contributed by atoms with Crippen LogP contribution in [-0.4, -0.2) is 38.2 Å². The molecule has 0 saturated carbocycles. The monoisotopic (exact) mass is 517 g/mol. The lowest BCUT2D eigenvalue weighted by Gasteiger charge is -2.14. The fourth-order valence-electron chi connectivity index (χ4n) is 4.21. The molecule has 192 valence electrons. The van der Waals surface area contributed by atoms with Gasteiger partial charge in [0.05, 0.1) is 5.69 Å². The summed E-state index contributed by atoms with van der Waals surface area (Å²) < 4.78 is 38.8. The quantitative estimate of drug-likeness (QED) is 0.298. The number of alkyl halides is 3. The highest BCUT2D eigenvalue weighted by atomic mass is 19.4. The van der Waals surface area contributed by atoms with Crippen LogP contribution in [0.4, 0.5) is 19.0 Å². The van der Waals surface area contributed by atoms with Gasteiger partial charge in [0.1, 0.15) is 17.2 Å². The normalized spacial score (nSPS) is 13.7. The Morgan fingerprint density at radius 3 is 2.26 bits per heavy atom. The lowest BCUT2D eigenvalue weighted by molar-refractivity contribution is -0.141. The van der Waals surface area contributed by atoms with Crippen molar-refractivity contribution in [2.24, 2.45) is 0 Å². The maximum atomic E-state index is 12.9. The second-order valence-corrected chi connectivity index (χ2v) is 8.89. The van der Waals surface area contributed by atoms with Crippen LogP contribution in [0.25, 0.3) is 22.4 Å². The Labute approximate surface area is 216 Å². The molecule has 4 aromatic rings. The minimum Gasteiger partial charge on any atom is -0.297 e. The molecule has 0 unspecified atom stereocenters. The van der Waals surface area contributed by atoms with E-state index in [0.29, 0.717) is 42.2 Å². The van der Waals surface area contributed by atoms with Crippen molar-refractivity contribution >= 4 is 17.5 Å². The van der Waals surface area contributed by atoms with Gasteiger partial charge in [-0.3, -0.25) is 29.4 Å². The third-order valence-corrected chi connectivity index (χ3v) is 6.29. The van der Waals surface area contributed by atoms with Crippen LogP contribution in [0.2, 0.25) is 0 Å². The van der Waals surface area contributed by atoms with Gasteiger partial charge in [-0.15, -0.1) is 0 Å². The number of pyridine rings is 4. The summed E-state index contributed by atoms with van der Waals surface area (Å²) in [7, 11) is 0. The molecule has 0 N–H and O–H groups in total. The predicted molar refractivity (Wildman–Crippen MR) is 134 cm³/mol. The number of ketones is 1. The van der Waals surface area contributed by atoms with Crippen molar-refractivity contribution in [3.8, 4) is 22.4 Å². The van der Waals surface area contributed by atoms with E-state index in [9.17, 15) is 22.8 Å². The number of halogens is 3. The molecule has 0 aliphatic carbocycles. The molecule has 1 aliphatic heterocycles. The van der Waals surface area contributed by atoms with Crippen LogP contribution >= 0.6 is 0 Å². The Kier molecular flexibility index (Phi) is 6.95. The van der Waals surface area contributed by atoms with E-state index in [4.69, 9.17) is 0 Å². The van der Waals surface area contributed by atoms with E-state index in [1.54, 1.807) is 53.8 Å². The molecular weight excluding hydrogens is 495 g/mol. The van der Waals surface area contributed by atoms with Crippen molar-refractivity contribution in [2.75, 3.05) is 11.4 Å². The maximum Gasteiger partial charge on any atom is 0.433 e. The van der Waals surface area contributed by atoms with Crippen molar-refractivity contribution in [1.82, 2.24) is 19.9 Å². The zero-order valence-corrected chi connectivity index (χ0v) is 20.2. The van der Waals surface area contributed by atoms with Crippen molar-refractivity contribution in [3.63, 3.8) is 0 Å². The molecule has 7 nitrogen and oxygen atoms in total. The summed E-state index contributed by atoms with van der Waals surface area (Å²) in [5, 5.41) is 0. The SMILES string of the molecule is O=C(CCc1ccc(-c2ccnc(C(F)(F)F)c2)nc1)c1ccc(-c2ccc(N3CCCC3=O)nc2)cn1. The standard InChI is InChI=1S/C28H22F3N5O2/c29-28(30,31)25-14-19(11-12-32-25)22-7-3-18(15-33-22)4-9-24(37)23-8-5-20(16-34-23)21-6-10-26(35-17-21)36-13-1-2-27(36)38/h3,5-8,10-12,14-17H,1-2,4,9,13H2. The third-order valence-electron chi connectivity index (χ3n) is 6.29. The van der Waals surface area contributed by atoms with Crippen LogP contribution in [-0.2, 0) is 17.4 Å². The number of nitrogens with zero attached hydrogens (tertiary/aromatic N) is 5. The van der Waals surface area contributed by atoms with Gasteiger partial charge in [-0.1, -0.05) is 12.1 Å². The average molecular weight is 518 g/mol. The van der Waals surface area contributed by atoms with Crippen molar-refractivity contribution in [2.45, 2.75) is 31.9 Å². The van der Waals surface area contributed by atoms with E-state index in [0.717, 1.165) is 35.4 Å². The molecule has 1 aliphatic rings. The smallest absolute Gasteiger partial charge is 0.297 e. The van der Waals surface area contributed by atoms with Crippen molar-refractivity contribution < 1.29 is 22.8 Å².